The first-order valence-corrected chi connectivity index (χ1v) is 10.1. The van der Waals surface area contributed by atoms with E-state index in [4.69, 9.17) is 16.3 Å². The molecule has 4 aromatic rings. The summed E-state index contributed by atoms with van der Waals surface area (Å²) in [6, 6.07) is 29.9. The Morgan fingerprint density at radius 1 is 0.903 bits per heavy atom. The maximum absolute atomic E-state index is 12.9. The van der Waals surface area contributed by atoms with E-state index in [1.54, 1.807) is 30.3 Å². The summed E-state index contributed by atoms with van der Waals surface area (Å²) in [6.45, 7) is 0.338. The second kappa shape index (κ2) is 9.30. The average molecular weight is 424 g/mol. The van der Waals surface area contributed by atoms with Crippen LogP contribution in [0.2, 0.25) is 5.02 Å². The lowest BCUT2D eigenvalue weighted by molar-refractivity contribution is 0.104. The molecule has 0 amide bonds. The third-order valence-electron chi connectivity index (χ3n) is 4.93. The number of fused-ring (bicyclic) bond motifs is 1. The molecule has 0 spiro atoms. The van der Waals surface area contributed by atoms with Gasteiger partial charge in [-0.2, -0.15) is 5.26 Å². The molecule has 0 bridgehead atoms. The summed E-state index contributed by atoms with van der Waals surface area (Å²) < 4.78 is 6.09. The number of hydrogen-bond donors (Lipinski definition) is 0. The fraction of sp³-hybridized carbons (Fsp3) is 0.0370. The zero-order valence-corrected chi connectivity index (χ0v) is 17.3. The molecule has 150 valence electrons. The molecule has 4 aromatic carbocycles. The van der Waals surface area contributed by atoms with Crippen LogP contribution in [-0.4, -0.2) is 5.78 Å². The molecule has 0 N–H and O–H groups in total. The fourth-order valence-electron chi connectivity index (χ4n) is 3.33. The molecule has 0 aliphatic rings. The van der Waals surface area contributed by atoms with Crippen molar-refractivity contribution >= 4 is 34.2 Å². The number of carbonyl (C=O) groups excluding carboxylic acids is 1. The van der Waals surface area contributed by atoms with Crippen molar-refractivity contribution < 1.29 is 9.53 Å². The van der Waals surface area contributed by atoms with Crippen molar-refractivity contribution in [2.45, 2.75) is 6.61 Å². The van der Waals surface area contributed by atoms with Crippen molar-refractivity contribution in [3.63, 3.8) is 0 Å². The summed E-state index contributed by atoms with van der Waals surface area (Å²) >= 11 is 5.96. The molecular formula is C27H18ClNO2. The number of rotatable bonds is 6. The van der Waals surface area contributed by atoms with Gasteiger partial charge in [-0.05, 0) is 40.6 Å². The van der Waals surface area contributed by atoms with E-state index in [2.05, 4.69) is 6.07 Å². The highest BCUT2D eigenvalue weighted by Crippen LogP contribution is 2.31. The van der Waals surface area contributed by atoms with E-state index in [-0.39, 0.29) is 11.4 Å². The van der Waals surface area contributed by atoms with Gasteiger partial charge in [0, 0.05) is 16.1 Å². The van der Waals surface area contributed by atoms with Crippen molar-refractivity contribution in [3.05, 3.63) is 118 Å². The van der Waals surface area contributed by atoms with Gasteiger partial charge >= 0.3 is 0 Å². The van der Waals surface area contributed by atoms with Crippen molar-refractivity contribution in [1.29, 1.82) is 5.26 Å². The van der Waals surface area contributed by atoms with E-state index in [0.717, 1.165) is 16.3 Å². The highest BCUT2D eigenvalue weighted by atomic mass is 35.5. The van der Waals surface area contributed by atoms with Gasteiger partial charge in [0.1, 0.15) is 24.0 Å². The Labute approximate surface area is 185 Å². The van der Waals surface area contributed by atoms with Crippen molar-refractivity contribution in [2.24, 2.45) is 0 Å². The minimum atomic E-state index is -0.320. The van der Waals surface area contributed by atoms with Gasteiger partial charge in [-0.25, -0.2) is 0 Å². The maximum Gasteiger partial charge on any atom is 0.203 e. The third-order valence-corrected chi connectivity index (χ3v) is 5.18. The molecule has 4 heteroatoms. The number of nitriles is 1. The molecule has 0 saturated carbocycles. The Morgan fingerprint density at radius 3 is 2.35 bits per heavy atom. The van der Waals surface area contributed by atoms with Gasteiger partial charge in [0.2, 0.25) is 5.78 Å². The second-order valence-corrected chi connectivity index (χ2v) is 7.42. The molecule has 0 unspecified atom stereocenters. The predicted octanol–water partition coefficient (Wildman–Crippen LogP) is 6.86. The summed E-state index contributed by atoms with van der Waals surface area (Å²) in [5, 5.41) is 12.3. The van der Waals surface area contributed by atoms with Gasteiger partial charge in [0.25, 0.3) is 0 Å². The molecule has 0 fully saturated rings. The van der Waals surface area contributed by atoms with Crippen molar-refractivity contribution in [2.75, 3.05) is 0 Å². The number of Topliss-reactive ketones (excluding diaryl/α,β-unsaturated/α-hetero) is 1. The zero-order valence-electron chi connectivity index (χ0n) is 16.6. The second-order valence-electron chi connectivity index (χ2n) is 6.98. The predicted molar refractivity (Wildman–Crippen MR) is 124 cm³/mol. The van der Waals surface area contributed by atoms with E-state index >= 15 is 0 Å². The van der Waals surface area contributed by atoms with Crippen molar-refractivity contribution in [3.8, 4) is 11.8 Å². The van der Waals surface area contributed by atoms with Crippen LogP contribution < -0.4 is 4.74 Å². The number of hydrogen-bond acceptors (Lipinski definition) is 3. The van der Waals surface area contributed by atoms with E-state index in [1.165, 1.54) is 0 Å². The van der Waals surface area contributed by atoms with Crippen LogP contribution >= 0.6 is 11.6 Å². The van der Waals surface area contributed by atoms with E-state index in [0.29, 0.717) is 28.5 Å². The van der Waals surface area contributed by atoms with Crippen LogP contribution in [0.15, 0.2) is 96.6 Å². The Kier molecular flexibility index (Phi) is 6.12. The minimum Gasteiger partial charge on any atom is -0.488 e. The minimum absolute atomic E-state index is 0.0545. The van der Waals surface area contributed by atoms with Gasteiger partial charge in [0.15, 0.2) is 0 Å². The molecule has 0 aromatic heterocycles. The molecule has 4 rings (SSSR count). The van der Waals surface area contributed by atoms with E-state index in [9.17, 15) is 10.1 Å². The number of ether oxygens (including phenoxy) is 1. The quantitative estimate of drug-likeness (QED) is 0.193. The number of ketones is 1. The Hall–Kier alpha value is -3.87. The number of benzene rings is 4. The highest BCUT2D eigenvalue weighted by Gasteiger charge is 2.15. The fourth-order valence-corrected chi connectivity index (χ4v) is 3.46. The normalized spacial score (nSPS) is 11.2. The summed E-state index contributed by atoms with van der Waals surface area (Å²) in [5.41, 5.74) is 2.19. The lowest BCUT2D eigenvalue weighted by atomic mass is 9.98. The Morgan fingerprint density at radius 2 is 1.61 bits per heavy atom. The van der Waals surface area contributed by atoms with Crippen LogP contribution in [0.1, 0.15) is 21.5 Å². The topological polar surface area (TPSA) is 50.1 Å². The summed E-state index contributed by atoms with van der Waals surface area (Å²) in [5.74, 6) is 0.280. The first-order chi connectivity index (χ1) is 15.2. The first-order valence-electron chi connectivity index (χ1n) is 9.76. The molecule has 0 aliphatic heterocycles. The number of allylic oxidation sites excluding steroid dienone is 1. The number of nitrogens with zero attached hydrogens (tertiary/aromatic N) is 1. The smallest absolute Gasteiger partial charge is 0.203 e. The number of halogens is 1. The average Bonchev–Trinajstić information content (AvgIpc) is 2.82. The summed E-state index contributed by atoms with van der Waals surface area (Å²) in [7, 11) is 0. The van der Waals surface area contributed by atoms with Crippen LogP contribution in [-0.2, 0) is 6.61 Å². The Bertz CT molecular complexity index is 1300. The van der Waals surface area contributed by atoms with Gasteiger partial charge in [-0.15, -0.1) is 0 Å². The molecule has 3 nitrogen and oxygen atoms in total. The van der Waals surface area contributed by atoms with E-state index < -0.39 is 0 Å². The monoisotopic (exact) mass is 423 g/mol. The van der Waals surface area contributed by atoms with E-state index in [1.807, 2.05) is 66.7 Å². The Balaban J connectivity index is 1.76. The van der Waals surface area contributed by atoms with Gasteiger partial charge in [0.05, 0.1) is 0 Å². The molecule has 0 atom stereocenters. The van der Waals surface area contributed by atoms with Crippen LogP contribution in [0.4, 0.5) is 0 Å². The van der Waals surface area contributed by atoms with Gasteiger partial charge in [-0.3, -0.25) is 4.79 Å². The highest BCUT2D eigenvalue weighted by molar-refractivity contribution is 6.30. The van der Waals surface area contributed by atoms with Crippen LogP contribution in [0, 0.1) is 11.3 Å². The lowest BCUT2D eigenvalue weighted by Gasteiger charge is -2.13. The molecule has 0 radical (unpaired) electrons. The number of carbonyl (C=O) groups is 1. The molecule has 0 saturated heterocycles. The van der Waals surface area contributed by atoms with Crippen LogP contribution in [0.25, 0.3) is 16.8 Å². The SMILES string of the molecule is N#C/C(=C\c1c(OCc2ccc(Cl)cc2)ccc2ccccc12)C(=O)c1ccccc1. The maximum atomic E-state index is 12.9. The molecular weight excluding hydrogens is 406 g/mol. The van der Waals surface area contributed by atoms with Crippen LogP contribution in [0.5, 0.6) is 5.75 Å². The van der Waals surface area contributed by atoms with Gasteiger partial charge in [-0.1, -0.05) is 84.4 Å². The molecule has 31 heavy (non-hydrogen) atoms. The summed E-state index contributed by atoms with van der Waals surface area (Å²) in [6.07, 6.45) is 1.62. The molecule has 0 aliphatic carbocycles. The van der Waals surface area contributed by atoms with Gasteiger partial charge < -0.3 is 4.74 Å². The van der Waals surface area contributed by atoms with Crippen LogP contribution in [0.3, 0.4) is 0 Å². The molecule has 0 heterocycles. The largest absolute Gasteiger partial charge is 0.488 e. The summed E-state index contributed by atoms with van der Waals surface area (Å²) in [4.78, 5) is 12.9. The lowest BCUT2D eigenvalue weighted by Crippen LogP contribution is -2.02. The van der Waals surface area contributed by atoms with Crippen molar-refractivity contribution in [1.82, 2.24) is 0 Å². The first kappa shape index (κ1) is 20.4. The third kappa shape index (κ3) is 4.66. The standard InChI is InChI=1S/C27H18ClNO2/c28-23-13-10-19(11-14-23)18-31-26-15-12-20-6-4-5-9-24(20)25(26)16-22(17-29)27(30)21-7-2-1-3-8-21/h1-16H,18H2/b22-16+. The zero-order chi connectivity index (χ0) is 21.6.